The zero-order chi connectivity index (χ0) is 14.9. The highest BCUT2D eigenvalue weighted by Crippen LogP contribution is 2.20. The molecule has 0 rings (SSSR count). The van der Waals surface area contributed by atoms with E-state index >= 15 is 0 Å². The molecule has 0 fully saturated rings. The van der Waals surface area contributed by atoms with E-state index in [1.54, 1.807) is 6.92 Å². The molecule has 0 aliphatic heterocycles. The molecule has 0 amide bonds. The van der Waals surface area contributed by atoms with Crippen LogP contribution in [0.2, 0.25) is 0 Å². The van der Waals surface area contributed by atoms with Gasteiger partial charge in [-0.1, -0.05) is 0 Å². The van der Waals surface area contributed by atoms with Crippen LogP contribution < -0.4 is 0 Å². The second kappa shape index (κ2) is 9.62. The first kappa shape index (κ1) is 18.7. The maximum absolute atomic E-state index is 12.1. The van der Waals surface area contributed by atoms with Gasteiger partial charge in [-0.25, -0.2) is 4.79 Å². The molecule has 0 aromatic rings. The van der Waals surface area contributed by atoms with Crippen LogP contribution in [-0.2, 0) is 27.2 Å². The Balaban J connectivity index is 5.25. The molecule has 1 unspecified atom stereocenters. The van der Waals surface area contributed by atoms with E-state index in [0.717, 1.165) is 0 Å². The number of ether oxygens (including phenoxy) is 2. The van der Waals surface area contributed by atoms with Gasteiger partial charge in [-0.3, -0.25) is 0 Å². The summed E-state index contributed by atoms with van der Waals surface area (Å²) in [5, 5.41) is 0. The Labute approximate surface area is 119 Å². The van der Waals surface area contributed by atoms with Gasteiger partial charge in [0.25, 0.3) is 0 Å². The number of carbonyl (C=O) groups excluding carboxylic acids is 1. The first-order chi connectivity index (χ1) is 8.97. The topological polar surface area (TPSA) is 63.2 Å². The minimum Gasteiger partial charge on any atom is -0.464 e. The zero-order valence-electron chi connectivity index (χ0n) is 12.7. The molecule has 0 bridgehead atoms. The summed E-state index contributed by atoms with van der Waals surface area (Å²) in [5.41, 5.74) is -0.926. The van der Waals surface area contributed by atoms with Crippen molar-refractivity contribution in [1.82, 2.24) is 0 Å². The van der Waals surface area contributed by atoms with Gasteiger partial charge in [0.15, 0.2) is 0 Å². The van der Waals surface area contributed by atoms with Gasteiger partial charge >= 0.3 is 14.8 Å². The lowest BCUT2D eigenvalue weighted by molar-refractivity contribution is -0.157. The Hall–Kier alpha value is -0.256. The molecule has 0 N–H and O–H groups in total. The molecule has 0 heterocycles. The van der Waals surface area contributed by atoms with Crippen molar-refractivity contribution in [1.29, 1.82) is 0 Å². The lowest BCUT2D eigenvalue weighted by Gasteiger charge is -2.33. The summed E-state index contributed by atoms with van der Waals surface area (Å²) in [6, 6.07) is 0. The molecule has 0 radical (unpaired) electrons. The van der Waals surface area contributed by atoms with Crippen molar-refractivity contribution in [3.8, 4) is 0 Å². The van der Waals surface area contributed by atoms with E-state index in [1.165, 1.54) is 0 Å². The number of rotatable bonds is 10. The smallest absolute Gasteiger partial charge is 0.464 e. The summed E-state index contributed by atoms with van der Waals surface area (Å²) in [4.78, 5) is 12.1. The van der Waals surface area contributed by atoms with Crippen molar-refractivity contribution >= 4 is 25.3 Å². The first-order valence-electron chi connectivity index (χ1n) is 6.62. The van der Waals surface area contributed by atoms with Crippen molar-refractivity contribution in [2.24, 2.45) is 0 Å². The summed E-state index contributed by atoms with van der Waals surface area (Å²) < 4.78 is 27.6. The van der Waals surface area contributed by atoms with E-state index in [1.807, 2.05) is 27.7 Å². The van der Waals surface area contributed by atoms with Gasteiger partial charge < -0.3 is 22.4 Å². The third-order valence-electron chi connectivity index (χ3n) is 2.21. The maximum Gasteiger partial charge on any atom is 0.532 e. The summed E-state index contributed by atoms with van der Waals surface area (Å²) in [6.07, 6.45) is -0.154. The van der Waals surface area contributed by atoms with Gasteiger partial charge in [0.1, 0.15) is 10.5 Å². The standard InChI is InChI=1S/C11H26O6Si2/c1-6-13-10(12)11(16-9(4)5)19(17-18,14-7-2)15-8-3/h9,11H,6-8H2,1-5,18H3. The third kappa shape index (κ3) is 5.71. The van der Waals surface area contributed by atoms with Crippen molar-refractivity contribution in [3.05, 3.63) is 0 Å². The van der Waals surface area contributed by atoms with Crippen molar-refractivity contribution in [2.75, 3.05) is 19.8 Å². The summed E-state index contributed by atoms with van der Waals surface area (Å²) >= 11 is 0. The first-order valence-corrected chi connectivity index (χ1v) is 9.24. The average Bonchev–Trinajstić information content (AvgIpc) is 2.35. The second-order valence-corrected chi connectivity index (χ2v) is 7.93. The van der Waals surface area contributed by atoms with Crippen molar-refractivity contribution in [2.45, 2.75) is 46.4 Å². The Bertz CT molecular complexity index is 256. The molecule has 0 aliphatic carbocycles. The van der Waals surface area contributed by atoms with E-state index in [2.05, 4.69) is 0 Å². The van der Waals surface area contributed by atoms with Crippen LogP contribution in [0.3, 0.4) is 0 Å². The fourth-order valence-electron chi connectivity index (χ4n) is 1.59. The highest BCUT2D eigenvalue weighted by Gasteiger charge is 2.54. The predicted octanol–water partition coefficient (Wildman–Crippen LogP) is 0.191. The molecule has 0 aromatic carbocycles. The predicted molar refractivity (Wildman–Crippen MR) is 76.7 cm³/mol. The molecule has 1 atom stereocenters. The Kier molecular flexibility index (Phi) is 9.49. The SMILES string of the molecule is CCOC(=O)C(OC(C)C)[Si](O[SiH3])(OCC)OCC. The average molecular weight is 310 g/mol. The molecular formula is C11H26O6Si2. The number of carbonyl (C=O) groups is 1. The highest BCUT2D eigenvalue weighted by molar-refractivity contribution is 6.68. The van der Waals surface area contributed by atoms with E-state index in [9.17, 15) is 4.79 Å². The van der Waals surface area contributed by atoms with Gasteiger partial charge in [-0.15, -0.1) is 0 Å². The molecule has 8 heteroatoms. The fourth-order valence-corrected chi connectivity index (χ4v) is 5.39. The maximum atomic E-state index is 12.1. The highest BCUT2D eigenvalue weighted by atomic mass is 28.4. The van der Waals surface area contributed by atoms with Crippen LogP contribution >= 0.6 is 0 Å². The van der Waals surface area contributed by atoms with Crippen LogP contribution in [0.4, 0.5) is 0 Å². The molecule has 6 nitrogen and oxygen atoms in total. The van der Waals surface area contributed by atoms with E-state index < -0.39 is 20.5 Å². The number of hydrogen-bond donors (Lipinski definition) is 0. The minimum absolute atomic E-state index is 0.154. The fraction of sp³-hybridized carbons (Fsp3) is 0.909. The molecule has 0 aliphatic rings. The third-order valence-corrected chi connectivity index (χ3v) is 6.88. The minimum atomic E-state index is -3.20. The molecule has 19 heavy (non-hydrogen) atoms. The second-order valence-electron chi connectivity index (χ2n) is 3.99. The molecule has 0 aromatic heterocycles. The Morgan fingerprint density at radius 1 is 1.11 bits per heavy atom. The monoisotopic (exact) mass is 310 g/mol. The van der Waals surface area contributed by atoms with E-state index in [-0.39, 0.29) is 12.7 Å². The number of hydrogen-bond acceptors (Lipinski definition) is 6. The van der Waals surface area contributed by atoms with Gasteiger partial charge in [-0.2, -0.15) is 0 Å². The van der Waals surface area contributed by atoms with E-state index in [0.29, 0.717) is 23.7 Å². The van der Waals surface area contributed by atoms with Crippen molar-refractivity contribution in [3.63, 3.8) is 0 Å². The van der Waals surface area contributed by atoms with E-state index in [4.69, 9.17) is 22.4 Å². The molecule has 0 spiro atoms. The summed E-state index contributed by atoms with van der Waals surface area (Å²) in [5.74, 6) is -0.486. The van der Waals surface area contributed by atoms with Gasteiger partial charge in [0, 0.05) is 13.2 Å². The zero-order valence-corrected chi connectivity index (χ0v) is 15.7. The van der Waals surface area contributed by atoms with Crippen LogP contribution in [0.15, 0.2) is 0 Å². The van der Waals surface area contributed by atoms with Crippen LogP contribution in [0, 0.1) is 0 Å². The van der Waals surface area contributed by atoms with Gasteiger partial charge in [-0.05, 0) is 34.6 Å². The van der Waals surface area contributed by atoms with Crippen molar-refractivity contribution < 1.29 is 27.2 Å². The summed E-state index contributed by atoms with van der Waals surface area (Å²) in [6.45, 7) is 10.2. The summed E-state index contributed by atoms with van der Waals surface area (Å²) in [7, 11) is -2.80. The number of esters is 1. The van der Waals surface area contributed by atoms with Crippen LogP contribution in [0.25, 0.3) is 0 Å². The molecular weight excluding hydrogens is 284 g/mol. The molecule has 114 valence electrons. The van der Waals surface area contributed by atoms with Crippen LogP contribution in [0.1, 0.15) is 34.6 Å². The largest absolute Gasteiger partial charge is 0.532 e. The van der Waals surface area contributed by atoms with Gasteiger partial charge in [0.05, 0.1) is 12.7 Å². The lowest BCUT2D eigenvalue weighted by atomic mass is 10.5. The normalized spacial score (nSPS) is 13.8. The molecule has 0 saturated heterocycles. The lowest BCUT2D eigenvalue weighted by Crippen LogP contribution is -2.61. The van der Waals surface area contributed by atoms with Gasteiger partial charge in [0.2, 0.25) is 5.73 Å². The van der Waals surface area contributed by atoms with Crippen LogP contribution in [-0.4, -0.2) is 56.9 Å². The molecule has 0 saturated carbocycles. The Morgan fingerprint density at radius 3 is 1.95 bits per heavy atom. The van der Waals surface area contributed by atoms with Crippen LogP contribution in [0.5, 0.6) is 0 Å². The Morgan fingerprint density at radius 2 is 1.63 bits per heavy atom. The quantitative estimate of drug-likeness (QED) is 0.424.